The molecule has 1 heterocycles. The molecule has 1 aliphatic rings. The van der Waals surface area contributed by atoms with Crippen molar-refractivity contribution in [3.8, 4) is 0 Å². The van der Waals surface area contributed by atoms with Gasteiger partial charge < -0.3 is 9.80 Å². The molecule has 2 aromatic carbocycles. The Labute approximate surface area is 171 Å². The lowest BCUT2D eigenvalue weighted by Crippen LogP contribution is -2.55. The lowest BCUT2D eigenvalue weighted by atomic mass is 10.1. The standard InChI is InChI=1S/C21H26FN3O3S/c1-2-24-12-14-25(15-13-24)21(26)20(16-17-6-4-3-5-7-17)23-29(27,28)19-10-8-18(22)9-11-19/h3-11,20,23H,2,12-16H2,1H3. The maximum atomic E-state index is 13.2. The van der Waals surface area contributed by atoms with Gasteiger partial charge in [-0.2, -0.15) is 4.72 Å². The number of hydrogen-bond acceptors (Lipinski definition) is 4. The quantitative estimate of drug-likeness (QED) is 0.744. The van der Waals surface area contributed by atoms with Crippen LogP contribution in [0.25, 0.3) is 0 Å². The Morgan fingerprint density at radius 3 is 2.24 bits per heavy atom. The smallest absolute Gasteiger partial charge is 0.241 e. The van der Waals surface area contributed by atoms with Crippen LogP contribution in [-0.4, -0.2) is 62.9 Å². The number of hydrogen-bond donors (Lipinski definition) is 1. The Bertz CT molecular complexity index is 912. The number of rotatable bonds is 7. The fourth-order valence-corrected chi connectivity index (χ4v) is 4.59. The van der Waals surface area contributed by atoms with Gasteiger partial charge in [0.1, 0.15) is 11.9 Å². The maximum absolute atomic E-state index is 13.2. The summed E-state index contributed by atoms with van der Waals surface area (Å²) < 4.78 is 41.4. The molecular weight excluding hydrogens is 393 g/mol. The molecule has 6 nitrogen and oxygen atoms in total. The average Bonchev–Trinajstić information content (AvgIpc) is 2.74. The van der Waals surface area contributed by atoms with Crippen LogP contribution >= 0.6 is 0 Å². The number of halogens is 1. The molecule has 2 aromatic rings. The van der Waals surface area contributed by atoms with E-state index >= 15 is 0 Å². The van der Waals surface area contributed by atoms with Crippen molar-refractivity contribution in [1.82, 2.24) is 14.5 Å². The summed E-state index contributed by atoms with van der Waals surface area (Å²) in [5, 5.41) is 0. The largest absolute Gasteiger partial charge is 0.339 e. The first-order valence-corrected chi connectivity index (χ1v) is 11.2. The van der Waals surface area contributed by atoms with Gasteiger partial charge >= 0.3 is 0 Å². The van der Waals surface area contributed by atoms with Crippen LogP contribution in [0.3, 0.4) is 0 Å². The summed E-state index contributed by atoms with van der Waals surface area (Å²) in [6, 6.07) is 12.9. The van der Waals surface area contributed by atoms with Gasteiger partial charge in [-0.25, -0.2) is 12.8 Å². The molecule has 0 saturated carbocycles. The molecule has 0 spiro atoms. The second kappa shape index (κ2) is 9.47. The predicted molar refractivity (Wildman–Crippen MR) is 109 cm³/mol. The van der Waals surface area contributed by atoms with Crippen molar-refractivity contribution in [2.24, 2.45) is 0 Å². The first kappa shape index (κ1) is 21.4. The van der Waals surface area contributed by atoms with E-state index in [9.17, 15) is 17.6 Å². The summed E-state index contributed by atoms with van der Waals surface area (Å²) in [5.41, 5.74) is 0.861. The van der Waals surface area contributed by atoms with Gasteiger partial charge in [0.2, 0.25) is 15.9 Å². The van der Waals surface area contributed by atoms with Gasteiger partial charge in [-0.1, -0.05) is 37.3 Å². The number of likely N-dealkylation sites (N-methyl/N-ethyl adjacent to an activating group) is 1. The Hall–Kier alpha value is -2.29. The van der Waals surface area contributed by atoms with Crippen molar-refractivity contribution in [1.29, 1.82) is 0 Å². The molecule has 1 unspecified atom stereocenters. The number of nitrogens with one attached hydrogen (secondary N) is 1. The third kappa shape index (κ3) is 5.62. The lowest BCUT2D eigenvalue weighted by Gasteiger charge is -2.36. The minimum atomic E-state index is -3.97. The fourth-order valence-electron chi connectivity index (χ4n) is 3.40. The zero-order chi connectivity index (χ0) is 20.9. The van der Waals surface area contributed by atoms with Crippen LogP contribution < -0.4 is 4.72 Å². The van der Waals surface area contributed by atoms with E-state index in [1.54, 1.807) is 4.90 Å². The molecule has 1 N–H and O–H groups in total. The number of sulfonamides is 1. The zero-order valence-corrected chi connectivity index (χ0v) is 17.2. The number of piperazine rings is 1. The highest BCUT2D eigenvalue weighted by molar-refractivity contribution is 7.89. The molecule has 1 saturated heterocycles. The fraction of sp³-hybridized carbons (Fsp3) is 0.381. The van der Waals surface area contributed by atoms with Gasteiger partial charge in [-0.3, -0.25) is 4.79 Å². The van der Waals surface area contributed by atoms with Gasteiger partial charge in [0, 0.05) is 26.2 Å². The van der Waals surface area contributed by atoms with Gasteiger partial charge in [0.25, 0.3) is 0 Å². The molecule has 8 heteroatoms. The Morgan fingerprint density at radius 1 is 1.03 bits per heavy atom. The number of nitrogens with zero attached hydrogens (tertiary/aromatic N) is 2. The van der Waals surface area contributed by atoms with Crippen LogP contribution in [0.1, 0.15) is 12.5 Å². The van der Waals surface area contributed by atoms with Crippen molar-refractivity contribution in [2.75, 3.05) is 32.7 Å². The maximum Gasteiger partial charge on any atom is 0.241 e. The molecule has 1 fully saturated rings. The molecule has 0 aliphatic carbocycles. The first-order chi connectivity index (χ1) is 13.9. The van der Waals surface area contributed by atoms with E-state index in [0.717, 1.165) is 37.3 Å². The number of carbonyl (C=O) groups is 1. The SMILES string of the molecule is CCN1CCN(C(=O)C(Cc2ccccc2)NS(=O)(=O)c2ccc(F)cc2)CC1. The minimum Gasteiger partial charge on any atom is -0.339 e. The summed E-state index contributed by atoms with van der Waals surface area (Å²) in [5.74, 6) is -0.759. The highest BCUT2D eigenvalue weighted by atomic mass is 32.2. The molecule has 29 heavy (non-hydrogen) atoms. The van der Waals surface area contributed by atoms with E-state index in [1.165, 1.54) is 12.1 Å². The third-order valence-electron chi connectivity index (χ3n) is 5.13. The average molecular weight is 420 g/mol. The second-order valence-electron chi connectivity index (χ2n) is 7.08. The minimum absolute atomic E-state index is 0.0689. The zero-order valence-electron chi connectivity index (χ0n) is 16.4. The summed E-state index contributed by atoms with van der Waals surface area (Å²) >= 11 is 0. The predicted octanol–water partition coefficient (Wildman–Crippen LogP) is 1.88. The summed E-state index contributed by atoms with van der Waals surface area (Å²) in [6.45, 7) is 5.67. The van der Waals surface area contributed by atoms with E-state index in [0.29, 0.717) is 13.1 Å². The van der Waals surface area contributed by atoms with Gasteiger partial charge in [-0.15, -0.1) is 0 Å². The molecule has 1 atom stereocenters. The molecule has 1 aliphatic heterocycles. The molecule has 0 aromatic heterocycles. The Kier molecular flexibility index (Phi) is 7.00. The number of amides is 1. The van der Waals surface area contributed by atoms with Crippen molar-refractivity contribution in [2.45, 2.75) is 24.3 Å². The lowest BCUT2D eigenvalue weighted by molar-refractivity contribution is -0.134. The van der Waals surface area contributed by atoms with Crippen LogP contribution in [0.2, 0.25) is 0 Å². The van der Waals surface area contributed by atoms with E-state index in [1.807, 2.05) is 30.3 Å². The van der Waals surface area contributed by atoms with Crippen LogP contribution in [0.15, 0.2) is 59.5 Å². The summed E-state index contributed by atoms with van der Waals surface area (Å²) in [6.07, 6.45) is 0.244. The Morgan fingerprint density at radius 2 is 1.66 bits per heavy atom. The summed E-state index contributed by atoms with van der Waals surface area (Å²) in [7, 11) is -3.97. The van der Waals surface area contributed by atoms with Gasteiger partial charge in [0.05, 0.1) is 4.90 Å². The summed E-state index contributed by atoms with van der Waals surface area (Å²) in [4.78, 5) is 17.1. The monoisotopic (exact) mass is 419 g/mol. The first-order valence-electron chi connectivity index (χ1n) is 9.72. The third-order valence-corrected chi connectivity index (χ3v) is 6.62. The van der Waals surface area contributed by atoms with Crippen molar-refractivity contribution < 1.29 is 17.6 Å². The van der Waals surface area contributed by atoms with E-state index in [-0.39, 0.29) is 17.2 Å². The van der Waals surface area contributed by atoms with Crippen LogP contribution in [-0.2, 0) is 21.2 Å². The number of benzene rings is 2. The molecule has 1 amide bonds. The van der Waals surface area contributed by atoms with E-state index < -0.39 is 21.9 Å². The van der Waals surface area contributed by atoms with E-state index in [2.05, 4.69) is 16.5 Å². The topological polar surface area (TPSA) is 69.7 Å². The van der Waals surface area contributed by atoms with Crippen molar-refractivity contribution in [3.63, 3.8) is 0 Å². The van der Waals surface area contributed by atoms with Gasteiger partial charge in [0.15, 0.2) is 0 Å². The van der Waals surface area contributed by atoms with Crippen molar-refractivity contribution in [3.05, 3.63) is 66.0 Å². The van der Waals surface area contributed by atoms with Crippen molar-refractivity contribution >= 4 is 15.9 Å². The molecule has 156 valence electrons. The highest BCUT2D eigenvalue weighted by Crippen LogP contribution is 2.14. The molecule has 0 radical (unpaired) electrons. The van der Waals surface area contributed by atoms with E-state index in [4.69, 9.17) is 0 Å². The number of carbonyl (C=O) groups excluding carboxylic acids is 1. The second-order valence-corrected chi connectivity index (χ2v) is 8.79. The highest BCUT2D eigenvalue weighted by Gasteiger charge is 2.31. The normalized spacial score (nSPS) is 16.6. The van der Waals surface area contributed by atoms with Crippen LogP contribution in [0.4, 0.5) is 4.39 Å². The van der Waals surface area contributed by atoms with Gasteiger partial charge in [-0.05, 0) is 42.8 Å². The van der Waals surface area contributed by atoms with Crippen LogP contribution in [0, 0.1) is 5.82 Å². The molecule has 3 rings (SSSR count). The molecule has 0 bridgehead atoms. The Balaban J connectivity index is 1.81. The van der Waals surface area contributed by atoms with Crippen LogP contribution in [0.5, 0.6) is 0 Å². The molecular formula is C21H26FN3O3S.